The van der Waals surface area contributed by atoms with Crippen molar-refractivity contribution in [2.45, 2.75) is 31.5 Å². The minimum atomic E-state index is 0.397. The highest BCUT2D eigenvalue weighted by Crippen LogP contribution is 2.43. The van der Waals surface area contributed by atoms with Crippen molar-refractivity contribution < 1.29 is 9.47 Å². The molecule has 0 bridgehead atoms. The molecule has 10 heavy (non-hydrogen) atoms. The van der Waals surface area contributed by atoms with Gasteiger partial charge in [0.25, 0.3) is 0 Å². The quantitative estimate of drug-likeness (QED) is 0.576. The first-order valence-electron chi connectivity index (χ1n) is 4.04. The predicted octanol–water partition coefficient (Wildman–Crippen LogP) is 1.20. The summed E-state index contributed by atoms with van der Waals surface area (Å²) in [6, 6.07) is 0. The lowest BCUT2D eigenvalue weighted by atomic mass is 10.1. The van der Waals surface area contributed by atoms with Gasteiger partial charge in [0.05, 0.1) is 18.8 Å². The van der Waals surface area contributed by atoms with Gasteiger partial charge in [0.2, 0.25) is 0 Å². The van der Waals surface area contributed by atoms with Gasteiger partial charge in [-0.2, -0.15) is 0 Å². The SMILES string of the molecule is COCC1CCC2CC2O1. The molecule has 1 aliphatic heterocycles. The maximum absolute atomic E-state index is 5.68. The third kappa shape index (κ3) is 1.18. The number of rotatable bonds is 2. The van der Waals surface area contributed by atoms with Gasteiger partial charge in [0.1, 0.15) is 0 Å². The monoisotopic (exact) mass is 142 g/mol. The highest BCUT2D eigenvalue weighted by atomic mass is 16.5. The van der Waals surface area contributed by atoms with Crippen LogP contribution in [-0.4, -0.2) is 25.9 Å². The third-order valence-corrected chi connectivity index (χ3v) is 2.44. The summed E-state index contributed by atoms with van der Waals surface area (Å²) in [6.45, 7) is 0.781. The van der Waals surface area contributed by atoms with Crippen LogP contribution in [0.3, 0.4) is 0 Å². The van der Waals surface area contributed by atoms with E-state index >= 15 is 0 Å². The Bertz CT molecular complexity index is 124. The van der Waals surface area contributed by atoms with Crippen molar-refractivity contribution >= 4 is 0 Å². The largest absolute Gasteiger partial charge is 0.382 e. The lowest BCUT2D eigenvalue weighted by molar-refractivity contribution is -0.0395. The van der Waals surface area contributed by atoms with Crippen molar-refractivity contribution in [3.8, 4) is 0 Å². The van der Waals surface area contributed by atoms with Gasteiger partial charge in [-0.3, -0.25) is 0 Å². The van der Waals surface area contributed by atoms with E-state index in [1.165, 1.54) is 19.3 Å². The summed E-state index contributed by atoms with van der Waals surface area (Å²) in [4.78, 5) is 0. The minimum Gasteiger partial charge on any atom is -0.382 e. The summed E-state index contributed by atoms with van der Waals surface area (Å²) >= 11 is 0. The molecule has 0 aromatic carbocycles. The van der Waals surface area contributed by atoms with Crippen LogP contribution in [0.2, 0.25) is 0 Å². The van der Waals surface area contributed by atoms with Crippen LogP contribution in [0.5, 0.6) is 0 Å². The fourth-order valence-electron chi connectivity index (χ4n) is 1.71. The number of methoxy groups -OCH3 is 1. The Hall–Kier alpha value is -0.0800. The highest BCUT2D eigenvalue weighted by molar-refractivity contribution is 4.92. The van der Waals surface area contributed by atoms with Crippen molar-refractivity contribution in [3.63, 3.8) is 0 Å². The van der Waals surface area contributed by atoms with Crippen LogP contribution in [-0.2, 0) is 9.47 Å². The second-order valence-electron chi connectivity index (χ2n) is 3.33. The van der Waals surface area contributed by atoms with Crippen LogP contribution in [0.1, 0.15) is 19.3 Å². The molecule has 2 rings (SSSR count). The van der Waals surface area contributed by atoms with Crippen LogP contribution < -0.4 is 0 Å². The first-order valence-corrected chi connectivity index (χ1v) is 4.04. The van der Waals surface area contributed by atoms with Crippen LogP contribution in [0, 0.1) is 5.92 Å². The minimum absolute atomic E-state index is 0.397. The Balaban J connectivity index is 1.77. The normalized spacial score (nSPS) is 44.7. The van der Waals surface area contributed by atoms with E-state index in [2.05, 4.69) is 0 Å². The van der Waals surface area contributed by atoms with Crippen LogP contribution in [0.4, 0.5) is 0 Å². The molecule has 3 atom stereocenters. The summed E-state index contributed by atoms with van der Waals surface area (Å²) in [5.74, 6) is 0.910. The predicted molar refractivity (Wildman–Crippen MR) is 37.9 cm³/mol. The summed E-state index contributed by atoms with van der Waals surface area (Å²) in [6.07, 6.45) is 4.87. The molecule has 1 saturated heterocycles. The summed E-state index contributed by atoms with van der Waals surface area (Å²) in [5.41, 5.74) is 0. The molecule has 2 aliphatic rings. The second kappa shape index (κ2) is 2.51. The van der Waals surface area contributed by atoms with Crippen LogP contribution in [0.15, 0.2) is 0 Å². The topological polar surface area (TPSA) is 18.5 Å². The number of fused-ring (bicyclic) bond motifs is 1. The molecule has 2 nitrogen and oxygen atoms in total. The van der Waals surface area contributed by atoms with Crippen LogP contribution in [0.25, 0.3) is 0 Å². The summed E-state index contributed by atoms with van der Waals surface area (Å²) in [5, 5.41) is 0. The van der Waals surface area contributed by atoms with Gasteiger partial charge >= 0.3 is 0 Å². The average molecular weight is 142 g/mol. The standard InChI is InChI=1S/C8H14O2/c1-9-5-7-3-2-6-4-8(6)10-7/h6-8H,2-5H2,1H3. The Kier molecular flexibility index (Phi) is 1.66. The average Bonchev–Trinajstić information content (AvgIpc) is 2.66. The first kappa shape index (κ1) is 6.62. The lowest BCUT2D eigenvalue weighted by Crippen LogP contribution is -2.24. The van der Waals surface area contributed by atoms with E-state index in [1.54, 1.807) is 7.11 Å². The molecule has 1 saturated carbocycles. The van der Waals surface area contributed by atoms with E-state index in [-0.39, 0.29) is 0 Å². The van der Waals surface area contributed by atoms with Crippen molar-refractivity contribution in [1.29, 1.82) is 0 Å². The number of ether oxygens (including phenoxy) is 2. The molecule has 2 heteroatoms. The van der Waals surface area contributed by atoms with Gasteiger partial charge in [-0.25, -0.2) is 0 Å². The molecule has 0 aromatic rings. The fraction of sp³-hybridized carbons (Fsp3) is 1.00. The van der Waals surface area contributed by atoms with Crippen molar-refractivity contribution in [1.82, 2.24) is 0 Å². The van der Waals surface area contributed by atoms with E-state index in [0.717, 1.165) is 12.5 Å². The fourth-order valence-corrected chi connectivity index (χ4v) is 1.71. The molecule has 0 aromatic heterocycles. The Labute approximate surface area is 61.5 Å². The highest BCUT2D eigenvalue weighted by Gasteiger charge is 2.43. The lowest BCUT2D eigenvalue weighted by Gasteiger charge is -2.20. The Morgan fingerprint density at radius 3 is 3.10 bits per heavy atom. The van der Waals surface area contributed by atoms with Gasteiger partial charge in [0.15, 0.2) is 0 Å². The van der Waals surface area contributed by atoms with Gasteiger partial charge in [0, 0.05) is 7.11 Å². The zero-order chi connectivity index (χ0) is 6.97. The van der Waals surface area contributed by atoms with E-state index in [1.807, 2.05) is 0 Å². The number of hydrogen-bond donors (Lipinski definition) is 0. The Morgan fingerprint density at radius 1 is 1.50 bits per heavy atom. The molecule has 1 heterocycles. The van der Waals surface area contributed by atoms with E-state index in [4.69, 9.17) is 9.47 Å². The maximum atomic E-state index is 5.68. The zero-order valence-corrected chi connectivity index (χ0v) is 6.38. The molecule has 0 N–H and O–H groups in total. The number of hydrogen-bond acceptors (Lipinski definition) is 2. The summed E-state index contributed by atoms with van der Waals surface area (Å²) < 4.78 is 10.7. The molecule has 1 aliphatic carbocycles. The van der Waals surface area contributed by atoms with Gasteiger partial charge in [-0.05, 0) is 25.2 Å². The maximum Gasteiger partial charge on any atom is 0.0812 e. The second-order valence-corrected chi connectivity index (χ2v) is 3.33. The summed E-state index contributed by atoms with van der Waals surface area (Å²) in [7, 11) is 1.74. The third-order valence-electron chi connectivity index (χ3n) is 2.44. The van der Waals surface area contributed by atoms with Crippen molar-refractivity contribution in [2.24, 2.45) is 5.92 Å². The first-order chi connectivity index (χ1) is 4.90. The zero-order valence-electron chi connectivity index (χ0n) is 6.38. The van der Waals surface area contributed by atoms with Crippen molar-refractivity contribution in [2.75, 3.05) is 13.7 Å². The van der Waals surface area contributed by atoms with E-state index in [9.17, 15) is 0 Å². The van der Waals surface area contributed by atoms with E-state index < -0.39 is 0 Å². The molecule has 58 valence electrons. The molecular weight excluding hydrogens is 128 g/mol. The molecule has 3 unspecified atom stereocenters. The van der Waals surface area contributed by atoms with E-state index in [0.29, 0.717) is 12.2 Å². The molecule has 0 amide bonds. The molecule has 2 fully saturated rings. The van der Waals surface area contributed by atoms with Gasteiger partial charge in [-0.1, -0.05) is 0 Å². The molecule has 0 radical (unpaired) electrons. The van der Waals surface area contributed by atoms with Gasteiger partial charge < -0.3 is 9.47 Å². The molecular formula is C8H14O2. The smallest absolute Gasteiger partial charge is 0.0812 e. The van der Waals surface area contributed by atoms with Crippen molar-refractivity contribution in [3.05, 3.63) is 0 Å². The molecule has 0 spiro atoms. The van der Waals surface area contributed by atoms with Gasteiger partial charge in [-0.15, -0.1) is 0 Å². The van der Waals surface area contributed by atoms with Crippen LogP contribution >= 0.6 is 0 Å². The Morgan fingerprint density at radius 2 is 2.40 bits per heavy atom.